The Kier molecular flexibility index (Phi) is 6.66. The fourth-order valence-electron chi connectivity index (χ4n) is 4.28. The lowest BCUT2D eigenvalue weighted by Crippen LogP contribution is -2.46. The van der Waals surface area contributed by atoms with Crippen molar-refractivity contribution < 1.29 is 14.3 Å². The molecule has 3 aromatic carbocycles. The van der Waals surface area contributed by atoms with Crippen molar-refractivity contribution in [1.29, 1.82) is 0 Å². The van der Waals surface area contributed by atoms with Crippen LogP contribution in [0.3, 0.4) is 0 Å². The van der Waals surface area contributed by atoms with Crippen LogP contribution in [0.1, 0.15) is 50.4 Å². The smallest absolute Gasteiger partial charge is 0.337 e. The summed E-state index contributed by atoms with van der Waals surface area (Å²) in [6.07, 6.45) is 1.37. The molecule has 170 valence electrons. The Bertz CT molecular complexity index is 1120. The summed E-state index contributed by atoms with van der Waals surface area (Å²) < 4.78 is 12.0. The van der Waals surface area contributed by atoms with Crippen LogP contribution >= 0.6 is 0 Å². The number of ether oxygens (including phenoxy) is 2. The summed E-state index contributed by atoms with van der Waals surface area (Å²) in [6, 6.07) is 28.2. The molecule has 0 saturated heterocycles. The van der Waals surface area contributed by atoms with Crippen molar-refractivity contribution in [1.82, 2.24) is 0 Å². The van der Waals surface area contributed by atoms with E-state index in [1.54, 1.807) is 0 Å². The number of rotatable bonds is 6. The molecule has 0 radical (unpaired) electrons. The molecule has 4 heteroatoms. The van der Waals surface area contributed by atoms with Gasteiger partial charge in [0.15, 0.2) is 6.10 Å². The van der Waals surface area contributed by atoms with Gasteiger partial charge in [-0.25, -0.2) is 4.79 Å². The summed E-state index contributed by atoms with van der Waals surface area (Å²) in [4.78, 5) is 15.6. The van der Waals surface area contributed by atoms with Crippen LogP contribution in [0.15, 0.2) is 84.9 Å². The normalized spacial score (nSPS) is 16.5. The molecule has 0 saturated carbocycles. The molecule has 0 spiro atoms. The lowest BCUT2D eigenvalue weighted by Gasteiger charge is -2.43. The molecular formula is C29H31NO3. The third kappa shape index (κ3) is 5.01. The minimum absolute atomic E-state index is 0.296. The topological polar surface area (TPSA) is 38.8 Å². The fourth-order valence-corrected chi connectivity index (χ4v) is 4.28. The largest absolute Gasteiger partial charge is 0.464 e. The average molecular weight is 442 g/mol. The maximum atomic E-state index is 13.4. The van der Waals surface area contributed by atoms with Crippen molar-refractivity contribution in [3.8, 4) is 0 Å². The Morgan fingerprint density at radius 2 is 1.52 bits per heavy atom. The number of nitrogens with zero attached hydrogens (tertiary/aromatic N) is 1. The van der Waals surface area contributed by atoms with Crippen LogP contribution in [0, 0.1) is 0 Å². The van der Waals surface area contributed by atoms with Crippen LogP contribution in [0.4, 0.5) is 5.69 Å². The number of anilines is 1. The van der Waals surface area contributed by atoms with E-state index in [-0.39, 0.29) is 5.97 Å². The number of hydrogen-bond acceptors (Lipinski definition) is 4. The van der Waals surface area contributed by atoms with E-state index in [0.717, 1.165) is 28.1 Å². The van der Waals surface area contributed by atoms with Crippen LogP contribution in [-0.4, -0.2) is 24.3 Å². The van der Waals surface area contributed by atoms with Crippen molar-refractivity contribution in [2.75, 3.05) is 11.5 Å². The second-order valence-corrected chi connectivity index (χ2v) is 9.08. The molecule has 0 bridgehead atoms. The molecule has 0 fully saturated rings. The Morgan fingerprint density at radius 1 is 0.909 bits per heavy atom. The number of esters is 1. The molecule has 4 rings (SSSR count). The van der Waals surface area contributed by atoms with E-state index < -0.39 is 17.7 Å². The van der Waals surface area contributed by atoms with Crippen molar-refractivity contribution in [2.45, 2.75) is 45.4 Å². The van der Waals surface area contributed by atoms with Gasteiger partial charge in [-0.15, -0.1) is 0 Å². The Labute approximate surface area is 196 Å². The van der Waals surface area contributed by atoms with Gasteiger partial charge in [0.1, 0.15) is 0 Å². The number of carbonyl (C=O) groups is 1. The van der Waals surface area contributed by atoms with Gasteiger partial charge < -0.3 is 14.4 Å². The summed E-state index contributed by atoms with van der Waals surface area (Å²) in [7, 11) is 0. The third-order valence-corrected chi connectivity index (χ3v) is 5.53. The van der Waals surface area contributed by atoms with E-state index in [1.165, 1.54) is 0 Å². The Morgan fingerprint density at radius 3 is 2.15 bits per heavy atom. The highest BCUT2D eigenvalue weighted by atomic mass is 16.6. The fraction of sp³-hybridized carbons (Fsp3) is 0.276. The summed E-state index contributed by atoms with van der Waals surface area (Å²) in [5, 5.41) is 0. The molecule has 0 amide bonds. The van der Waals surface area contributed by atoms with Gasteiger partial charge in [0.05, 0.1) is 18.2 Å². The van der Waals surface area contributed by atoms with Crippen LogP contribution in [0.2, 0.25) is 0 Å². The molecule has 1 heterocycles. The molecule has 3 aromatic rings. The predicted molar refractivity (Wildman–Crippen MR) is 134 cm³/mol. The standard InChI is InChI=1S/C29H31NO3/c1-5-32-28(31)27(33-29(2,3)4)26-24-19-13-12-16-22(24)20-25(21-14-8-6-9-15-21)30(26)23-17-10-7-11-18-23/h6-20,26-27H,5H2,1-4H3. The van der Waals surface area contributed by atoms with Crippen molar-refractivity contribution in [3.05, 3.63) is 102 Å². The average Bonchev–Trinajstić information content (AvgIpc) is 2.82. The van der Waals surface area contributed by atoms with E-state index in [0.29, 0.717) is 6.61 Å². The number of hydrogen-bond donors (Lipinski definition) is 0. The van der Waals surface area contributed by atoms with Gasteiger partial charge >= 0.3 is 5.97 Å². The van der Waals surface area contributed by atoms with Gasteiger partial charge in [-0.05, 0) is 62.6 Å². The predicted octanol–water partition coefficient (Wildman–Crippen LogP) is 6.49. The molecular weight excluding hydrogens is 410 g/mol. The van der Waals surface area contributed by atoms with E-state index >= 15 is 0 Å². The molecule has 4 nitrogen and oxygen atoms in total. The zero-order chi connectivity index (χ0) is 23.4. The monoisotopic (exact) mass is 441 g/mol. The Hall–Kier alpha value is -3.37. The zero-order valence-corrected chi connectivity index (χ0v) is 19.7. The van der Waals surface area contributed by atoms with Crippen LogP contribution in [-0.2, 0) is 14.3 Å². The maximum absolute atomic E-state index is 13.4. The zero-order valence-electron chi connectivity index (χ0n) is 19.7. The molecule has 2 atom stereocenters. The molecule has 1 aliphatic rings. The highest BCUT2D eigenvalue weighted by molar-refractivity contribution is 5.95. The van der Waals surface area contributed by atoms with Crippen molar-refractivity contribution in [2.24, 2.45) is 0 Å². The highest BCUT2D eigenvalue weighted by Gasteiger charge is 2.42. The van der Waals surface area contributed by atoms with Crippen LogP contribution < -0.4 is 4.90 Å². The highest BCUT2D eigenvalue weighted by Crippen LogP contribution is 2.45. The van der Waals surface area contributed by atoms with E-state index in [1.807, 2.05) is 76.2 Å². The van der Waals surface area contributed by atoms with E-state index in [2.05, 4.69) is 47.4 Å². The molecule has 0 aliphatic carbocycles. The third-order valence-electron chi connectivity index (χ3n) is 5.53. The van der Waals surface area contributed by atoms with Gasteiger partial charge in [0, 0.05) is 11.4 Å². The first-order chi connectivity index (χ1) is 15.9. The summed E-state index contributed by atoms with van der Waals surface area (Å²) in [5.41, 5.74) is 4.63. The molecule has 0 aromatic heterocycles. The van der Waals surface area contributed by atoms with E-state index in [4.69, 9.17) is 9.47 Å². The van der Waals surface area contributed by atoms with Gasteiger partial charge in [-0.2, -0.15) is 0 Å². The quantitative estimate of drug-likeness (QED) is 0.410. The minimum atomic E-state index is -0.821. The minimum Gasteiger partial charge on any atom is -0.464 e. The SMILES string of the molecule is CCOC(=O)C(OC(C)(C)C)C1c2ccccc2C=C(c2ccccc2)N1c1ccccc1. The van der Waals surface area contributed by atoms with E-state index in [9.17, 15) is 4.79 Å². The van der Waals surface area contributed by atoms with Gasteiger partial charge in [0.25, 0.3) is 0 Å². The summed E-state index contributed by atoms with van der Waals surface area (Å²) >= 11 is 0. The maximum Gasteiger partial charge on any atom is 0.337 e. The molecule has 0 N–H and O–H groups in total. The number of fused-ring (bicyclic) bond motifs is 1. The lowest BCUT2D eigenvalue weighted by atomic mass is 9.87. The summed E-state index contributed by atoms with van der Waals surface area (Å²) in [5.74, 6) is -0.359. The number of para-hydroxylation sites is 1. The Balaban J connectivity index is 1.97. The number of benzene rings is 3. The molecule has 1 aliphatic heterocycles. The van der Waals surface area contributed by atoms with Crippen molar-refractivity contribution >= 4 is 23.4 Å². The number of carbonyl (C=O) groups excluding carboxylic acids is 1. The van der Waals surface area contributed by atoms with Crippen LogP contribution in [0.5, 0.6) is 0 Å². The second kappa shape index (κ2) is 9.63. The van der Waals surface area contributed by atoms with Gasteiger partial charge in [-0.3, -0.25) is 0 Å². The molecule has 2 unspecified atom stereocenters. The van der Waals surface area contributed by atoms with Gasteiger partial charge in [-0.1, -0.05) is 72.8 Å². The second-order valence-electron chi connectivity index (χ2n) is 9.08. The first-order valence-electron chi connectivity index (χ1n) is 11.4. The first-order valence-corrected chi connectivity index (χ1v) is 11.4. The summed E-state index contributed by atoms with van der Waals surface area (Å²) in [6.45, 7) is 8.02. The van der Waals surface area contributed by atoms with Crippen LogP contribution in [0.25, 0.3) is 11.8 Å². The van der Waals surface area contributed by atoms with Crippen molar-refractivity contribution in [3.63, 3.8) is 0 Å². The molecule has 33 heavy (non-hydrogen) atoms. The first kappa shape index (κ1) is 22.8. The lowest BCUT2D eigenvalue weighted by molar-refractivity contribution is -0.168. The van der Waals surface area contributed by atoms with Gasteiger partial charge in [0.2, 0.25) is 0 Å².